The van der Waals surface area contributed by atoms with E-state index in [1.807, 2.05) is 18.2 Å². The van der Waals surface area contributed by atoms with Crippen LogP contribution in [0.15, 0.2) is 29.2 Å². The number of benzene rings is 1. The lowest BCUT2D eigenvalue weighted by molar-refractivity contribution is 0.0597. The second-order valence-electron chi connectivity index (χ2n) is 3.25. The molecule has 0 spiro atoms. The Morgan fingerprint density at radius 2 is 2.33 bits per heavy atom. The average molecular weight is 224 g/mol. The zero-order valence-electron chi connectivity index (χ0n) is 8.43. The topological polar surface area (TPSA) is 38.8 Å². The molecule has 1 aromatic rings. The zero-order chi connectivity index (χ0) is 10.7. The van der Waals surface area contributed by atoms with E-state index in [4.69, 9.17) is 9.47 Å². The first kappa shape index (κ1) is 10.5. The maximum absolute atomic E-state index is 11.4. The van der Waals surface area contributed by atoms with Crippen LogP contribution in [0.3, 0.4) is 0 Å². The molecule has 0 bridgehead atoms. The van der Waals surface area contributed by atoms with Crippen LogP contribution in [0, 0.1) is 0 Å². The van der Waals surface area contributed by atoms with Gasteiger partial charge in [0.15, 0.2) is 0 Å². The van der Waals surface area contributed by atoms with Crippen molar-refractivity contribution in [2.75, 3.05) is 19.5 Å². The molecule has 0 N–H and O–H groups in total. The Bertz CT molecular complexity index is 361. The second-order valence-corrected chi connectivity index (χ2v) is 4.32. The Morgan fingerprint density at radius 1 is 1.60 bits per heavy atom. The fraction of sp³-hybridized carbons (Fsp3) is 0.364. The van der Waals surface area contributed by atoms with Crippen molar-refractivity contribution in [1.29, 1.82) is 0 Å². The van der Waals surface area contributed by atoms with E-state index in [9.17, 15) is 4.79 Å². The smallest absolute Gasteiger partial charge is 0.338 e. The van der Waals surface area contributed by atoms with Crippen molar-refractivity contribution < 1.29 is 14.3 Å². The predicted molar refractivity (Wildman–Crippen MR) is 58.2 cm³/mol. The fourth-order valence-electron chi connectivity index (χ4n) is 1.22. The van der Waals surface area contributed by atoms with Gasteiger partial charge in [-0.15, -0.1) is 11.8 Å². The van der Waals surface area contributed by atoms with Gasteiger partial charge in [0.05, 0.1) is 25.4 Å². The van der Waals surface area contributed by atoms with Crippen LogP contribution in [0.1, 0.15) is 10.4 Å². The molecular formula is C11H12O3S. The number of thioether (sulfide) groups is 1. The summed E-state index contributed by atoms with van der Waals surface area (Å²) in [6.45, 7) is 0.841. The molecule has 0 aromatic heterocycles. The molecule has 2 rings (SSSR count). The van der Waals surface area contributed by atoms with Gasteiger partial charge in [-0.2, -0.15) is 0 Å². The summed E-state index contributed by atoms with van der Waals surface area (Å²) >= 11 is 1.64. The SMILES string of the molecule is COC(=O)c1ccccc1SCC1CO1. The minimum absolute atomic E-state index is 0.283. The molecule has 1 heterocycles. The van der Waals surface area contributed by atoms with Gasteiger partial charge in [0.2, 0.25) is 0 Å². The van der Waals surface area contributed by atoms with E-state index in [-0.39, 0.29) is 5.97 Å². The van der Waals surface area contributed by atoms with Gasteiger partial charge in [-0.25, -0.2) is 4.79 Å². The van der Waals surface area contributed by atoms with Crippen LogP contribution in [-0.4, -0.2) is 31.5 Å². The number of methoxy groups -OCH3 is 1. The number of esters is 1. The Morgan fingerprint density at radius 3 is 3.00 bits per heavy atom. The van der Waals surface area contributed by atoms with E-state index < -0.39 is 0 Å². The molecule has 0 radical (unpaired) electrons. The maximum atomic E-state index is 11.4. The first-order chi connectivity index (χ1) is 7.31. The van der Waals surface area contributed by atoms with Crippen LogP contribution in [0.4, 0.5) is 0 Å². The third-order valence-corrected chi connectivity index (χ3v) is 3.32. The number of hydrogen-bond donors (Lipinski definition) is 0. The highest BCUT2D eigenvalue weighted by Gasteiger charge is 2.23. The van der Waals surface area contributed by atoms with Gasteiger partial charge >= 0.3 is 5.97 Å². The largest absolute Gasteiger partial charge is 0.465 e. The predicted octanol–water partition coefficient (Wildman–Crippen LogP) is 1.96. The van der Waals surface area contributed by atoms with Gasteiger partial charge in [0.25, 0.3) is 0 Å². The molecule has 0 aliphatic carbocycles. The van der Waals surface area contributed by atoms with E-state index >= 15 is 0 Å². The normalized spacial score (nSPS) is 18.6. The van der Waals surface area contributed by atoms with Crippen molar-refractivity contribution in [3.63, 3.8) is 0 Å². The van der Waals surface area contributed by atoms with Crippen molar-refractivity contribution in [3.05, 3.63) is 29.8 Å². The highest BCUT2D eigenvalue weighted by atomic mass is 32.2. The minimum Gasteiger partial charge on any atom is -0.465 e. The van der Waals surface area contributed by atoms with Crippen LogP contribution in [-0.2, 0) is 9.47 Å². The molecule has 80 valence electrons. The van der Waals surface area contributed by atoms with E-state index in [2.05, 4.69) is 0 Å². The number of carbonyl (C=O) groups excluding carboxylic acids is 1. The third kappa shape index (κ3) is 2.73. The summed E-state index contributed by atoms with van der Waals surface area (Å²) in [7, 11) is 1.40. The minimum atomic E-state index is -0.283. The van der Waals surface area contributed by atoms with E-state index in [1.54, 1.807) is 17.8 Å². The highest BCUT2D eigenvalue weighted by molar-refractivity contribution is 7.99. The van der Waals surface area contributed by atoms with Crippen molar-refractivity contribution in [1.82, 2.24) is 0 Å². The molecule has 1 aromatic carbocycles. The fourth-order valence-corrected chi connectivity index (χ4v) is 2.26. The van der Waals surface area contributed by atoms with Gasteiger partial charge in [-0.3, -0.25) is 0 Å². The summed E-state index contributed by atoms with van der Waals surface area (Å²) in [6, 6.07) is 7.47. The summed E-state index contributed by atoms with van der Waals surface area (Å²) in [5.41, 5.74) is 0.630. The van der Waals surface area contributed by atoms with Crippen molar-refractivity contribution >= 4 is 17.7 Å². The van der Waals surface area contributed by atoms with Gasteiger partial charge in [-0.05, 0) is 12.1 Å². The maximum Gasteiger partial charge on any atom is 0.338 e. The van der Waals surface area contributed by atoms with Gasteiger partial charge in [0, 0.05) is 10.6 Å². The van der Waals surface area contributed by atoms with Gasteiger partial charge < -0.3 is 9.47 Å². The molecule has 3 nitrogen and oxygen atoms in total. The Balaban J connectivity index is 2.09. The number of rotatable bonds is 4. The van der Waals surface area contributed by atoms with E-state index in [0.29, 0.717) is 11.7 Å². The molecule has 1 aliphatic rings. The Hall–Kier alpha value is -1.00. The summed E-state index contributed by atoms with van der Waals surface area (Å²) < 4.78 is 9.84. The van der Waals surface area contributed by atoms with E-state index in [1.165, 1.54) is 7.11 Å². The molecule has 1 unspecified atom stereocenters. The zero-order valence-corrected chi connectivity index (χ0v) is 9.25. The van der Waals surface area contributed by atoms with Gasteiger partial charge in [-0.1, -0.05) is 12.1 Å². The number of ether oxygens (including phenoxy) is 2. The molecule has 1 fully saturated rings. The standard InChI is InChI=1S/C11H12O3S/c1-13-11(12)9-4-2-3-5-10(9)15-7-8-6-14-8/h2-5,8H,6-7H2,1H3. The monoisotopic (exact) mass is 224 g/mol. The lowest BCUT2D eigenvalue weighted by atomic mass is 10.2. The summed E-state index contributed by atoms with van der Waals surface area (Å²) in [5, 5.41) is 0. The van der Waals surface area contributed by atoms with Crippen LogP contribution < -0.4 is 0 Å². The van der Waals surface area contributed by atoms with Crippen molar-refractivity contribution in [2.24, 2.45) is 0 Å². The Labute approximate surface area is 92.8 Å². The number of hydrogen-bond acceptors (Lipinski definition) is 4. The average Bonchev–Trinajstić information content (AvgIpc) is 3.09. The first-order valence-electron chi connectivity index (χ1n) is 4.73. The highest BCUT2D eigenvalue weighted by Crippen LogP contribution is 2.27. The third-order valence-electron chi connectivity index (χ3n) is 2.12. The van der Waals surface area contributed by atoms with Gasteiger partial charge in [0.1, 0.15) is 0 Å². The van der Waals surface area contributed by atoms with Crippen molar-refractivity contribution in [3.8, 4) is 0 Å². The first-order valence-corrected chi connectivity index (χ1v) is 5.71. The second kappa shape index (κ2) is 4.68. The van der Waals surface area contributed by atoms with Crippen molar-refractivity contribution in [2.45, 2.75) is 11.0 Å². The molecule has 0 saturated carbocycles. The lowest BCUT2D eigenvalue weighted by Crippen LogP contribution is -2.03. The molecule has 1 atom stereocenters. The summed E-state index contributed by atoms with van der Waals surface area (Å²) in [5.74, 6) is 0.614. The molecular weight excluding hydrogens is 212 g/mol. The summed E-state index contributed by atoms with van der Waals surface area (Å²) in [6.07, 6.45) is 0.362. The molecule has 4 heteroatoms. The number of carbonyl (C=O) groups is 1. The molecule has 1 aliphatic heterocycles. The molecule has 0 amide bonds. The summed E-state index contributed by atoms with van der Waals surface area (Å²) in [4.78, 5) is 12.4. The van der Waals surface area contributed by atoms with Crippen LogP contribution >= 0.6 is 11.8 Å². The quantitative estimate of drug-likeness (QED) is 0.445. The molecule has 1 saturated heterocycles. The lowest BCUT2D eigenvalue weighted by Gasteiger charge is -2.05. The Kier molecular flexibility index (Phi) is 3.28. The molecule has 15 heavy (non-hydrogen) atoms. The number of epoxide rings is 1. The van der Waals surface area contributed by atoms with E-state index in [0.717, 1.165) is 17.3 Å². The van der Waals surface area contributed by atoms with Crippen LogP contribution in [0.25, 0.3) is 0 Å². The van der Waals surface area contributed by atoms with Crippen LogP contribution in [0.2, 0.25) is 0 Å². The van der Waals surface area contributed by atoms with Crippen LogP contribution in [0.5, 0.6) is 0 Å².